The minimum Gasteiger partial charge on any atom is -0.388 e. The van der Waals surface area contributed by atoms with Gasteiger partial charge in [-0.05, 0) is 37.0 Å². The number of hydrogen-bond donors (Lipinski definition) is 1. The van der Waals surface area contributed by atoms with Crippen molar-refractivity contribution in [2.24, 2.45) is 0 Å². The molecule has 1 N–H and O–H groups in total. The summed E-state index contributed by atoms with van der Waals surface area (Å²) >= 11 is 0. The van der Waals surface area contributed by atoms with Crippen LogP contribution in [0.1, 0.15) is 57.1 Å². The lowest BCUT2D eigenvalue weighted by Crippen LogP contribution is -2.26. The maximum Gasteiger partial charge on any atom is 0.0787 e. The molecule has 0 aliphatic carbocycles. The standard InChI is InChI=1S/C16H25NO/c1-2-16(18)14-8-10-15(11-9-14)17-12-6-4-3-5-7-13-17/h8-11,16,18H,2-7,12-13H2,1H3/t16-/m0/s1. The average Bonchev–Trinajstić information content (AvgIpc) is 2.38. The van der Waals surface area contributed by atoms with Crippen LogP contribution in [0.4, 0.5) is 5.69 Å². The molecule has 0 amide bonds. The third kappa shape index (κ3) is 3.49. The van der Waals surface area contributed by atoms with Gasteiger partial charge in [-0.3, -0.25) is 0 Å². The molecule has 1 aromatic rings. The van der Waals surface area contributed by atoms with Crippen molar-refractivity contribution >= 4 is 5.69 Å². The van der Waals surface area contributed by atoms with Gasteiger partial charge in [0.15, 0.2) is 0 Å². The molecule has 2 nitrogen and oxygen atoms in total. The van der Waals surface area contributed by atoms with Crippen LogP contribution < -0.4 is 4.90 Å². The lowest BCUT2D eigenvalue weighted by molar-refractivity contribution is 0.173. The van der Waals surface area contributed by atoms with Crippen molar-refractivity contribution in [3.05, 3.63) is 29.8 Å². The molecule has 0 bridgehead atoms. The first-order valence-electron chi connectivity index (χ1n) is 7.34. The molecule has 0 aromatic heterocycles. The summed E-state index contributed by atoms with van der Waals surface area (Å²) in [5.41, 5.74) is 2.34. The van der Waals surface area contributed by atoms with Gasteiger partial charge in [0.25, 0.3) is 0 Å². The Morgan fingerprint density at radius 3 is 2.11 bits per heavy atom. The number of nitrogens with zero attached hydrogens (tertiary/aromatic N) is 1. The number of hydrogen-bond acceptors (Lipinski definition) is 2. The second-order valence-electron chi connectivity index (χ2n) is 5.27. The van der Waals surface area contributed by atoms with Gasteiger partial charge in [0.1, 0.15) is 0 Å². The molecule has 1 fully saturated rings. The van der Waals surface area contributed by atoms with E-state index in [1.165, 1.54) is 50.9 Å². The van der Waals surface area contributed by atoms with E-state index in [0.29, 0.717) is 0 Å². The van der Waals surface area contributed by atoms with Gasteiger partial charge in [-0.2, -0.15) is 0 Å². The SMILES string of the molecule is CC[C@H](O)c1ccc(N2CCCCCCC2)cc1. The van der Waals surface area contributed by atoms with Gasteiger partial charge in [0.2, 0.25) is 0 Å². The molecule has 18 heavy (non-hydrogen) atoms. The van der Waals surface area contributed by atoms with E-state index < -0.39 is 0 Å². The van der Waals surface area contributed by atoms with Crippen molar-refractivity contribution in [2.75, 3.05) is 18.0 Å². The maximum atomic E-state index is 9.80. The summed E-state index contributed by atoms with van der Waals surface area (Å²) in [4.78, 5) is 2.49. The number of aliphatic hydroxyl groups is 1. The minimum absolute atomic E-state index is 0.314. The van der Waals surface area contributed by atoms with Crippen LogP contribution in [-0.4, -0.2) is 18.2 Å². The van der Waals surface area contributed by atoms with Gasteiger partial charge in [-0.1, -0.05) is 38.3 Å². The zero-order valence-electron chi connectivity index (χ0n) is 11.4. The largest absolute Gasteiger partial charge is 0.388 e. The molecule has 1 aliphatic heterocycles. The van der Waals surface area contributed by atoms with Crippen molar-refractivity contribution in [1.29, 1.82) is 0 Å². The molecule has 1 heterocycles. The second-order valence-corrected chi connectivity index (χ2v) is 5.27. The summed E-state index contributed by atoms with van der Waals surface area (Å²) in [5.74, 6) is 0. The van der Waals surface area contributed by atoms with Crippen molar-refractivity contribution < 1.29 is 5.11 Å². The molecule has 0 saturated carbocycles. The van der Waals surface area contributed by atoms with Crippen LogP contribution in [0.3, 0.4) is 0 Å². The Bertz CT molecular complexity index is 339. The smallest absolute Gasteiger partial charge is 0.0787 e. The first-order chi connectivity index (χ1) is 8.81. The first kappa shape index (κ1) is 13.4. The van der Waals surface area contributed by atoms with E-state index in [2.05, 4.69) is 29.2 Å². The summed E-state index contributed by atoms with van der Waals surface area (Å²) in [6.45, 7) is 4.36. The molecule has 1 saturated heterocycles. The van der Waals surface area contributed by atoms with Gasteiger partial charge in [0, 0.05) is 18.8 Å². The summed E-state index contributed by atoms with van der Waals surface area (Å²) in [7, 11) is 0. The fourth-order valence-corrected chi connectivity index (χ4v) is 2.65. The Morgan fingerprint density at radius 1 is 1.00 bits per heavy atom. The van der Waals surface area contributed by atoms with Crippen molar-refractivity contribution in [3.63, 3.8) is 0 Å². The first-order valence-corrected chi connectivity index (χ1v) is 7.34. The fourth-order valence-electron chi connectivity index (χ4n) is 2.65. The lowest BCUT2D eigenvalue weighted by atomic mass is 10.1. The van der Waals surface area contributed by atoms with E-state index in [9.17, 15) is 5.11 Å². The topological polar surface area (TPSA) is 23.5 Å². The average molecular weight is 247 g/mol. The van der Waals surface area contributed by atoms with E-state index in [-0.39, 0.29) is 6.10 Å². The molecular weight excluding hydrogens is 222 g/mol. The van der Waals surface area contributed by atoms with Gasteiger partial charge in [0.05, 0.1) is 6.10 Å². The van der Waals surface area contributed by atoms with E-state index in [4.69, 9.17) is 0 Å². The summed E-state index contributed by atoms with van der Waals surface area (Å²) in [5, 5.41) is 9.80. The molecule has 100 valence electrons. The monoisotopic (exact) mass is 247 g/mol. The highest BCUT2D eigenvalue weighted by molar-refractivity contribution is 5.47. The number of anilines is 1. The van der Waals surface area contributed by atoms with Crippen LogP contribution in [0, 0.1) is 0 Å². The highest BCUT2D eigenvalue weighted by Crippen LogP contribution is 2.23. The van der Waals surface area contributed by atoms with Crippen LogP contribution in [0.15, 0.2) is 24.3 Å². The Balaban J connectivity index is 2.02. The van der Waals surface area contributed by atoms with Crippen molar-refractivity contribution in [1.82, 2.24) is 0 Å². The summed E-state index contributed by atoms with van der Waals surface area (Å²) in [6.07, 6.45) is 7.20. The summed E-state index contributed by atoms with van der Waals surface area (Å²) < 4.78 is 0. The van der Waals surface area contributed by atoms with Crippen molar-refractivity contribution in [2.45, 2.75) is 51.6 Å². The van der Waals surface area contributed by atoms with Crippen LogP contribution in [0.5, 0.6) is 0 Å². The molecule has 2 heteroatoms. The zero-order valence-corrected chi connectivity index (χ0v) is 11.4. The molecule has 2 rings (SSSR count). The lowest BCUT2D eigenvalue weighted by Gasteiger charge is -2.27. The summed E-state index contributed by atoms with van der Waals surface area (Å²) in [6, 6.07) is 8.47. The van der Waals surface area contributed by atoms with Crippen molar-refractivity contribution in [3.8, 4) is 0 Å². The second kappa shape index (κ2) is 6.79. The number of rotatable bonds is 3. The molecule has 0 radical (unpaired) electrons. The van der Waals surface area contributed by atoms with Gasteiger partial charge in [-0.15, -0.1) is 0 Å². The third-order valence-electron chi connectivity index (χ3n) is 3.89. The Morgan fingerprint density at radius 2 is 1.56 bits per heavy atom. The normalized spacial score (nSPS) is 19.1. The van der Waals surface area contributed by atoms with Crippen LogP contribution in [0.2, 0.25) is 0 Å². The third-order valence-corrected chi connectivity index (χ3v) is 3.89. The number of benzene rings is 1. The van der Waals surface area contributed by atoms with E-state index in [1.54, 1.807) is 0 Å². The van der Waals surface area contributed by atoms with E-state index >= 15 is 0 Å². The Hall–Kier alpha value is -1.02. The zero-order chi connectivity index (χ0) is 12.8. The molecule has 0 unspecified atom stereocenters. The Kier molecular flexibility index (Phi) is 5.06. The fraction of sp³-hybridized carbons (Fsp3) is 0.625. The molecule has 1 aromatic carbocycles. The minimum atomic E-state index is -0.314. The maximum absolute atomic E-state index is 9.80. The molecule has 0 spiro atoms. The van der Waals surface area contributed by atoms with E-state index in [0.717, 1.165) is 12.0 Å². The van der Waals surface area contributed by atoms with Crippen LogP contribution in [0.25, 0.3) is 0 Å². The quantitative estimate of drug-likeness (QED) is 0.875. The highest BCUT2D eigenvalue weighted by Gasteiger charge is 2.10. The highest BCUT2D eigenvalue weighted by atomic mass is 16.3. The number of aliphatic hydroxyl groups excluding tert-OH is 1. The van der Waals surface area contributed by atoms with Crippen LogP contribution in [-0.2, 0) is 0 Å². The van der Waals surface area contributed by atoms with Gasteiger partial charge >= 0.3 is 0 Å². The molecule has 1 aliphatic rings. The Labute approximate surface area is 111 Å². The van der Waals surface area contributed by atoms with E-state index in [1.807, 2.05) is 6.92 Å². The molecular formula is C16H25NO. The predicted molar refractivity (Wildman–Crippen MR) is 77.0 cm³/mol. The predicted octanol–water partition coefficient (Wildman–Crippen LogP) is 3.90. The molecule has 1 atom stereocenters. The van der Waals surface area contributed by atoms with Gasteiger partial charge in [-0.25, -0.2) is 0 Å². The van der Waals surface area contributed by atoms with Crippen LogP contribution >= 0.6 is 0 Å². The van der Waals surface area contributed by atoms with Gasteiger partial charge < -0.3 is 10.0 Å².